The molecule has 0 fully saturated rings. The van der Waals surface area contributed by atoms with Crippen molar-refractivity contribution in [1.82, 2.24) is 0 Å². The lowest BCUT2D eigenvalue weighted by atomic mass is 10.1. The van der Waals surface area contributed by atoms with Crippen molar-refractivity contribution >= 4 is 46.0 Å². The number of rotatable bonds is 9. The lowest BCUT2D eigenvalue weighted by Gasteiger charge is -2.19. The molecule has 0 aromatic heterocycles. The number of alkyl halides is 2. The van der Waals surface area contributed by atoms with Crippen LogP contribution in [-0.2, 0) is 6.61 Å². The van der Waals surface area contributed by atoms with Gasteiger partial charge in [-0.2, -0.15) is 0 Å². The molecule has 0 aliphatic rings. The molecule has 0 N–H and O–H groups in total. The molecule has 3 aromatic rings. The highest BCUT2D eigenvalue weighted by Crippen LogP contribution is 2.40. The first-order valence-electron chi connectivity index (χ1n) is 8.93. The van der Waals surface area contributed by atoms with E-state index in [1.165, 1.54) is 16.0 Å². The van der Waals surface area contributed by atoms with Crippen LogP contribution >= 0.6 is 46.0 Å². The molecule has 0 spiro atoms. The maximum absolute atomic E-state index is 6.48. The van der Waals surface area contributed by atoms with E-state index in [4.69, 9.17) is 16.3 Å². The Morgan fingerprint density at radius 2 is 1.59 bits per heavy atom. The smallest absolute Gasteiger partial charge is 0.120 e. The van der Waals surface area contributed by atoms with E-state index in [2.05, 4.69) is 83.3 Å². The van der Waals surface area contributed by atoms with Crippen molar-refractivity contribution in [2.24, 2.45) is 0 Å². The van der Waals surface area contributed by atoms with Gasteiger partial charge in [0.1, 0.15) is 12.4 Å². The molecule has 2 unspecified atom stereocenters. The van der Waals surface area contributed by atoms with E-state index < -0.39 is 0 Å². The zero-order valence-electron chi connectivity index (χ0n) is 14.9. The van der Waals surface area contributed by atoms with Crippen LogP contribution in [0.5, 0.6) is 5.75 Å². The Labute approximate surface area is 184 Å². The van der Waals surface area contributed by atoms with Crippen LogP contribution in [0.3, 0.4) is 0 Å². The minimum atomic E-state index is 0.167. The Bertz CT molecular complexity index is 813. The average Bonchev–Trinajstić information content (AvgIpc) is 2.73. The number of halogens is 2. The second-order valence-corrected chi connectivity index (χ2v) is 9.03. The summed E-state index contributed by atoms with van der Waals surface area (Å²) in [6, 6.07) is 29.2. The van der Waals surface area contributed by atoms with Crippen LogP contribution < -0.4 is 4.74 Å². The maximum atomic E-state index is 6.48. The molecule has 27 heavy (non-hydrogen) atoms. The molecule has 140 valence electrons. The molecule has 0 bridgehead atoms. The summed E-state index contributed by atoms with van der Waals surface area (Å²) in [5.74, 6) is 0.895. The summed E-state index contributed by atoms with van der Waals surface area (Å²) in [5.41, 5.74) is 2.48. The lowest BCUT2D eigenvalue weighted by molar-refractivity contribution is 0.305. The summed E-state index contributed by atoms with van der Waals surface area (Å²) >= 11 is 10.7. The van der Waals surface area contributed by atoms with Gasteiger partial charge in [0.05, 0.1) is 0 Å². The highest BCUT2D eigenvalue weighted by molar-refractivity contribution is 14.1. The van der Waals surface area contributed by atoms with Gasteiger partial charge in [0.2, 0.25) is 0 Å². The summed E-state index contributed by atoms with van der Waals surface area (Å²) in [7, 11) is 0. The largest absolute Gasteiger partial charge is 0.489 e. The van der Waals surface area contributed by atoms with E-state index in [0.29, 0.717) is 11.9 Å². The molecular weight excluding hydrogens is 487 g/mol. The highest BCUT2D eigenvalue weighted by Gasteiger charge is 2.17. The minimum absolute atomic E-state index is 0.167. The predicted octanol–water partition coefficient (Wildman–Crippen LogP) is 7.53. The minimum Gasteiger partial charge on any atom is -0.489 e. The van der Waals surface area contributed by atoms with Crippen LogP contribution in [0.2, 0.25) is 0 Å². The molecule has 3 aromatic carbocycles. The van der Waals surface area contributed by atoms with Crippen LogP contribution in [0.25, 0.3) is 0 Å². The normalized spacial score (nSPS) is 13.1. The molecular formula is C23H22ClIOS. The Hall–Kier alpha value is -1.17. The predicted molar refractivity (Wildman–Crippen MR) is 125 cm³/mol. The van der Waals surface area contributed by atoms with Crippen molar-refractivity contribution in [3.8, 4) is 5.75 Å². The first-order valence-corrected chi connectivity index (χ1v) is 11.8. The third kappa shape index (κ3) is 6.74. The van der Waals surface area contributed by atoms with E-state index in [-0.39, 0.29) is 5.38 Å². The van der Waals surface area contributed by atoms with Gasteiger partial charge >= 0.3 is 0 Å². The van der Waals surface area contributed by atoms with E-state index in [1.807, 2.05) is 36.0 Å². The number of thioether (sulfide) groups is 1. The fraction of sp³-hybridized carbons (Fsp3) is 0.217. The van der Waals surface area contributed by atoms with Gasteiger partial charge in [-0.15, -0.1) is 23.4 Å². The van der Waals surface area contributed by atoms with Crippen molar-refractivity contribution in [1.29, 1.82) is 0 Å². The number of hydrogen-bond acceptors (Lipinski definition) is 2. The van der Waals surface area contributed by atoms with Crippen molar-refractivity contribution in [3.05, 3.63) is 96.1 Å². The van der Waals surface area contributed by atoms with E-state index in [0.717, 1.165) is 16.6 Å². The lowest BCUT2D eigenvalue weighted by Crippen LogP contribution is -2.06. The van der Waals surface area contributed by atoms with Crippen molar-refractivity contribution in [2.45, 2.75) is 28.6 Å². The van der Waals surface area contributed by atoms with Gasteiger partial charge in [-0.1, -0.05) is 89.3 Å². The summed E-state index contributed by atoms with van der Waals surface area (Å²) in [5, 5.41) is 0.494. The van der Waals surface area contributed by atoms with Gasteiger partial charge in [-0.25, -0.2) is 0 Å². The third-order valence-corrected chi connectivity index (χ3v) is 7.33. The zero-order chi connectivity index (χ0) is 18.9. The van der Waals surface area contributed by atoms with Crippen LogP contribution in [0.1, 0.15) is 22.8 Å². The second kappa shape index (κ2) is 11.0. The molecule has 4 heteroatoms. The number of benzene rings is 3. The van der Waals surface area contributed by atoms with Gasteiger partial charge < -0.3 is 4.74 Å². The van der Waals surface area contributed by atoms with E-state index in [1.54, 1.807) is 0 Å². The molecule has 3 rings (SSSR count). The quantitative estimate of drug-likeness (QED) is 0.168. The molecule has 0 saturated heterocycles. The van der Waals surface area contributed by atoms with Crippen LogP contribution in [0.4, 0.5) is 0 Å². The molecule has 0 aliphatic carbocycles. The third-order valence-electron chi connectivity index (χ3n) is 4.14. The highest BCUT2D eigenvalue weighted by atomic mass is 127. The summed E-state index contributed by atoms with van der Waals surface area (Å²) in [4.78, 5) is 1.20. The van der Waals surface area contributed by atoms with Crippen LogP contribution in [0.15, 0.2) is 89.8 Å². The first kappa shape index (κ1) is 20.6. The number of ether oxygens (including phenoxy) is 1. The van der Waals surface area contributed by atoms with Gasteiger partial charge in [-0.05, 0) is 35.7 Å². The monoisotopic (exact) mass is 508 g/mol. The fourth-order valence-corrected chi connectivity index (χ4v) is 4.69. The fourth-order valence-electron chi connectivity index (χ4n) is 2.76. The van der Waals surface area contributed by atoms with Crippen LogP contribution in [-0.4, -0.2) is 9.80 Å². The summed E-state index contributed by atoms with van der Waals surface area (Å²) in [6.07, 6.45) is 0.939. The second-order valence-electron chi connectivity index (χ2n) is 6.25. The average molecular weight is 509 g/mol. The Balaban J connectivity index is 1.70. The molecule has 0 heterocycles. The summed E-state index contributed by atoms with van der Waals surface area (Å²) < 4.78 is 6.93. The van der Waals surface area contributed by atoms with Gasteiger partial charge in [0.15, 0.2) is 0 Å². The first-order chi connectivity index (χ1) is 13.2. The maximum Gasteiger partial charge on any atom is 0.120 e. The van der Waals surface area contributed by atoms with E-state index >= 15 is 0 Å². The van der Waals surface area contributed by atoms with Crippen molar-refractivity contribution in [2.75, 3.05) is 4.43 Å². The topological polar surface area (TPSA) is 9.23 Å². The van der Waals surface area contributed by atoms with Gasteiger partial charge in [-0.3, -0.25) is 0 Å². The Morgan fingerprint density at radius 1 is 0.889 bits per heavy atom. The standard InChI is InChI=1S/C23H22ClIOS/c24-20(16-25)14-23(19-10-5-2-6-11-19)27-22-13-7-12-21(15-22)26-17-18-8-3-1-4-9-18/h1-13,15,20,23H,14,16-17H2. The van der Waals surface area contributed by atoms with Gasteiger partial charge in [0, 0.05) is 20.0 Å². The SMILES string of the molecule is ClC(CI)CC(Sc1cccc(OCc2ccccc2)c1)c1ccccc1. The van der Waals surface area contributed by atoms with Crippen molar-refractivity contribution < 1.29 is 4.74 Å². The summed E-state index contributed by atoms with van der Waals surface area (Å²) in [6.45, 7) is 0.579. The molecule has 0 radical (unpaired) electrons. The molecule has 1 nitrogen and oxygen atoms in total. The zero-order valence-corrected chi connectivity index (χ0v) is 18.7. The molecule has 0 saturated carbocycles. The van der Waals surface area contributed by atoms with Crippen LogP contribution in [0, 0.1) is 0 Å². The molecule has 2 atom stereocenters. The van der Waals surface area contributed by atoms with Gasteiger partial charge in [0.25, 0.3) is 0 Å². The molecule has 0 aliphatic heterocycles. The Kier molecular flexibility index (Phi) is 8.36. The number of hydrogen-bond donors (Lipinski definition) is 0. The van der Waals surface area contributed by atoms with E-state index in [9.17, 15) is 0 Å². The Morgan fingerprint density at radius 3 is 2.30 bits per heavy atom. The molecule has 0 amide bonds. The van der Waals surface area contributed by atoms with Crippen molar-refractivity contribution in [3.63, 3.8) is 0 Å².